The smallest absolute Gasteiger partial charge is 0.307 e. The molecule has 20 heavy (non-hydrogen) atoms. The Morgan fingerprint density at radius 3 is 2.55 bits per heavy atom. The molecule has 5 nitrogen and oxygen atoms in total. The quantitative estimate of drug-likeness (QED) is 0.825. The number of nitrogens with one attached hydrogen (secondary N) is 1. The molecular weight excluding hydrogens is 265 g/mol. The second-order valence-corrected chi connectivity index (χ2v) is 4.81. The van der Waals surface area contributed by atoms with Crippen LogP contribution in [0, 0.1) is 17.7 Å². The fourth-order valence-electron chi connectivity index (χ4n) is 2.10. The average molecular weight is 281 g/mol. The van der Waals surface area contributed by atoms with E-state index < -0.39 is 17.8 Å². The molecule has 6 heteroatoms. The van der Waals surface area contributed by atoms with E-state index in [-0.39, 0.29) is 24.4 Å². The summed E-state index contributed by atoms with van der Waals surface area (Å²) in [5, 5.41) is 11.4. The van der Waals surface area contributed by atoms with Gasteiger partial charge in [-0.25, -0.2) is 4.39 Å². The van der Waals surface area contributed by atoms with Crippen LogP contribution in [0.3, 0.4) is 0 Å². The molecule has 1 amide bonds. The molecule has 3 atom stereocenters. The number of amides is 1. The Bertz CT molecular complexity index is 502. The van der Waals surface area contributed by atoms with Crippen LogP contribution in [0.4, 0.5) is 4.39 Å². The van der Waals surface area contributed by atoms with Crippen LogP contribution >= 0.6 is 0 Å². The van der Waals surface area contributed by atoms with E-state index in [0.29, 0.717) is 6.42 Å². The van der Waals surface area contributed by atoms with E-state index >= 15 is 0 Å². The molecular formula is C14H16FNO4. The van der Waals surface area contributed by atoms with E-state index in [4.69, 9.17) is 9.84 Å². The van der Waals surface area contributed by atoms with Gasteiger partial charge in [-0.3, -0.25) is 9.59 Å². The number of ether oxygens (including phenoxy) is 1. The fraction of sp³-hybridized carbons (Fsp3) is 0.429. The molecule has 3 unspecified atom stereocenters. The van der Waals surface area contributed by atoms with Gasteiger partial charge in [0.15, 0.2) is 0 Å². The van der Waals surface area contributed by atoms with E-state index in [9.17, 15) is 14.0 Å². The van der Waals surface area contributed by atoms with Gasteiger partial charge in [0.2, 0.25) is 5.91 Å². The first-order valence-corrected chi connectivity index (χ1v) is 6.31. The molecule has 2 N–H and O–H groups in total. The lowest BCUT2D eigenvalue weighted by atomic mass is 10.1. The number of benzene rings is 1. The maximum Gasteiger partial charge on any atom is 0.307 e. The third kappa shape index (κ3) is 3.33. The Balaban J connectivity index is 1.87. The van der Waals surface area contributed by atoms with Crippen LogP contribution in [0.1, 0.15) is 18.1 Å². The summed E-state index contributed by atoms with van der Waals surface area (Å²) >= 11 is 0. The Kier molecular flexibility index (Phi) is 4.34. The van der Waals surface area contributed by atoms with Crippen molar-refractivity contribution in [2.45, 2.75) is 12.5 Å². The topological polar surface area (TPSA) is 75.6 Å². The number of hydrogen-bond acceptors (Lipinski definition) is 3. The van der Waals surface area contributed by atoms with Gasteiger partial charge in [-0.05, 0) is 24.1 Å². The largest absolute Gasteiger partial charge is 0.481 e. The van der Waals surface area contributed by atoms with Crippen LogP contribution in [0.25, 0.3) is 0 Å². The number of hydrogen-bond donors (Lipinski definition) is 2. The van der Waals surface area contributed by atoms with Gasteiger partial charge in [0, 0.05) is 13.7 Å². The Morgan fingerprint density at radius 2 is 2.05 bits per heavy atom. The van der Waals surface area contributed by atoms with Gasteiger partial charge in [0.1, 0.15) is 5.82 Å². The van der Waals surface area contributed by atoms with E-state index in [0.717, 1.165) is 5.56 Å². The first kappa shape index (κ1) is 14.5. The van der Waals surface area contributed by atoms with E-state index in [1.165, 1.54) is 19.2 Å². The number of rotatable bonds is 6. The number of carboxylic acid groups (broad SMARTS) is 1. The van der Waals surface area contributed by atoms with Crippen LogP contribution in [-0.2, 0) is 14.3 Å². The predicted octanol–water partition coefficient (Wildman–Crippen LogP) is 1.35. The summed E-state index contributed by atoms with van der Waals surface area (Å²) < 4.78 is 18.1. The van der Waals surface area contributed by atoms with Gasteiger partial charge in [-0.1, -0.05) is 12.1 Å². The number of aliphatic carboxylic acids is 1. The van der Waals surface area contributed by atoms with Gasteiger partial charge in [0.25, 0.3) is 0 Å². The summed E-state index contributed by atoms with van der Waals surface area (Å²) in [5.41, 5.74) is 0.750. The molecule has 1 aromatic rings. The number of methoxy groups -OCH3 is 1. The van der Waals surface area contributed by atoms with Gasteiger partial charge >= 0.3 is 5.97 Å². The van der Waals surface area contributed by atoms with Crippen molar-refractivity contribution in [3.8, 4) is 0 Å². The fourth-order valence-corrected chi connectivity index (χ4v) is 2.10. The van der Waals surface area contributed by atoms with Crippen LogP contribution in [0.15, 0.2) is 24.3 Å². The van der Waals surface area contributed by atoms with Crippen LogP contribution < -0.4 is 5.32 Å². The molecule has 1 fully saturated rings. The van der Waals surface area contributed by atoms with E-state index in [1.807, 2.05) is 0 Å². The second kappa shape index (κ2) is 6.00. The zero-order valence-electron chi connectivity index (χ0n) is 11.0. The molecule has 0 saturated heterocycles. The summed E-state index contributed by atoms with van der Waals surface area (Å²) in [4.78, 5) is 22.4. The highest BCUT2D eigenvalue weighted by atomic mass is 19.1. The SMILES string of the molecule is COC(CNC(=O)C1CC1C(=O)O)c1ccc(F)cc1. The Morgan fingerprint density at radius 1 is 1.40 bits per heavy atom. The summed E-state index contributed by atoms with van der Waals surface area (Å²) in [5.74, 6) is -2.57. The lowest BCUT2D eigenvalue weighted by Gasteiger charge is -2.16. The summed E-state index contributed by atoms with van der Waals surface area (Å²) in [7, 11) is 1.50. The first-order valence-electron chi connectivity index (χ1n) is 6.31. The van der Waals surface area contributed by atoms with Crippen molar-refractivity contribution >= 4 is 11.9 Å². The summed E-state index contributed by atoms with van der Waals surface area (Å²) in [6.07, 6.45) is -0.00314. The van der Waals surface area contributed by atoms with Crippen molar-refractivity contribution in [1.82, 2.24) is 5.32 Å². The molecule has 0 bridgehead atoms. The van der Waals surface area contributed by atoms with Crippen LogP contribution in [-0.4, -0.2) is 30.6 Å². The normalized spacial score (nSPS) is 22.1. The van der Waals surface area contributed by atoms with Crippen molar-refractivity contribution in [3.63, 3.8) is 0 Å². The minimum absolute atomic E-state index is 0.226. The molecule has 0 heterocycles. The highest BCUT2D eigenvalue weighted by Crippen LogP contribution is 2.38. The molecule has 108 valence electrons. The monoisotopic (exact) mass is 281 g/mol. The maximum atomic E-state index is 12.8. The molecule has 1 aliphatic carbocycles. The molecule has 1 aliphatic rings. The molecule has 1 saturated carbocycles. The van der Waals surface area contributed by atoms with E-state index in [2.05, 4.69) is 5.32 Å². The molecule has 0 aliphatic heterocycles. The zero-order valence-corrected chi connectivity index (χ0v) is 11.0. The Labute approximate surface area is 115 Å². The van der Waals surface area contributed by atoms with Crippen molar-refractivity contribution in [2.24, 2.45) is 11.8 Å². The average Bonchev–Trinajstić information content (AvgIpc) is 3.21. The molecule has 1 aromatic carbocycles. The third-order valence-corrected chi connectivity index (χ3v) is 3.43. The number of halogens is 1. The molecule has 0 radical (unpaired) electrons. The minimum atomic E-state index is -0.938. The van der Waals surface area contributed by atoms with E-state index in [1.54, 1.807) is 12.1 Å². The van der Waals surface area contributed by atoms with Gasteiger partial charge in [-0.15, -0.1) is 0 Å². The van der Waals surface area contributed by atoms with Gasteiger partial charge in [0.05, 0.1) is 17.9 Å². The maximum absolute atomic E-state index is 12.8. The van der Waals surface area contributed by atoms with Crippen molar-refractivity contribution in [1.29, 1.82) is 0 Å². The van der Waals surface area contributed by atoms with Crippen molar-refractivity contribution < 1.29 is 23.8 Å². The lowest BCUT2D eigenvalue weighted by Crippen LogP contribution is -2.31. The summed E-state index contributed by atoms with van der Waals surface area (Å²) in [6, 6.07) is 5.83. The number of carbonyl (C=O) groups excluding carboxylic acids is 1. The third-order valence-electron chi connectivity index (χ3n) is 3.43. The standard InChI is InChI=1S/C14H16FNO4/c1-20-12(8-2-4-9(15)5-3-8)7-16-13(17)10-6-11(10)14(18)19/h2-5,10-12H,6-7H2,1H3,(H,16,17)(H,18,19). The second-order valence-electron chi connectivity index (χ2n) is 4.81. The lowest BCUT2D eigenvalue weighted by molar-refractivity contribution is -0.140. The highest BCUT2D eigenvalue weighted by molar-refractivity contribution is 5.89. The highest BCUT2D eigenvalue weighted by Gasteiger charge is 2.48. The predicted molar refractivity (Wildman–Crippen MR) is 68.4 cm³/mol. The zero-order chi connectivity index (χ0) is 14.7. The Hall–Kier alpha value is -1.95. The van der Waals surface area contributed by atoms with Crippen LogP contribution in [0.5, 0.6) is 0 Å². The number of carboxylic acids is 1. The minimum Gasteiger partial charge on any atom is -0.481 e. The van der Waals surface area contributed by atoms with Gasteiger partial charge < -0.3 is 15.2 Å². The van der Waals surface area contributed by atoms with Crippen LogP contribution in [0.2, 0.25) is 0 Å². The molecule has 0 spiro atoms. The first-order chi connectivity index (χ1) is 9.52. The summed E-state index contributed by atoms with van der Waals surface area (Å²) in [6.45, 7) is 0.226. The van der Waals surface area contributed by atoms with Crippen molar-refractivity contribution in [2.75, 3.05) is 13.7 Å². The van der Waals surface area contributed by atoms with Gasteiger partial charge in [-0.2, -0.15) is 0 Å². The molecule has 2 rings (SSSR count). The number of carbonyl (C=O) groups is 2. The molecule has 0 aromatic heterocycles. The van der Waals surface area contributed by atoms with Crippen molar-refractivity contribution in [3.05, 3.63) is 35.6 Å².